The molecule has 1 aliphatic rings. The van der Waals surface area contributed by atoms with Gasteiger partial charge in [-0.25, -0.2) is 4.79 Å². The summed E-state index contributed by atoms with van der Waals surface area (Å²) in [4.78, 5) is 24.2. The Bertz CT molecular complexity index is 596. The van der Waals surface area contributed by atoms with E-state index in [1.54, 1.807) is 6.07 Å². The van der Waals surface area contributed by atoms with Gasteiger partial charge in [-0.1, -0.05) is 0 Å². The summed E-state index contributed by atoms with van der Waals surface area (Å²) in [6.45, 7) is 1.53. The molecule has 0 bridgehead atoms. The monoisotopic (exact) mass is 323 g/mol. The Balaban J connectivity index is 2.16. The van der Waals surface area contributed by atoms with Gasteiger partial charge >= 0.3 is 5.97 Å². The van der Waals surface area contributed by atoms with Crippen molar-refractivity contribution >= 4 is 11.9 Å². The van der Waals surface area contributed by atoms with Gasteiger partial charge in [0.2, 0.25) is 5.75 Å². The van der Waals surface area contributed by atoms with E-state index in [1.807, 2.05) is 0 Å². The van der Waals surface area contributed by atoms with Crippen LogP contribution in [0.4, 0.5) is 0 Å². The summed E-state index contributed by atoms with van der Waals surface area (Å²) in [6, 6.07) is 3.29. The van der Waals surface area contributed by atoms with Crippen LogP contribution >= 0.6 is 0 Å². The van der Waals surface area contributed by atoms with Gasteiger partial charge in [0.15, 0.2) is 17.6 Å². The summed E-state index contributed by atoms with van der Waals surface area (Å²) in [7, 11) is 4.35. The van der Waals surface area contributed by atoms with Crippen molar-refractivity contribution in [3.63, 3.8) is 0 Å². The lowest BCUT2D eigenvalue weighted by atomic mass is 10.1. The van der Waals surface area contributed by atoms with Crippen LogP contribution in [0, 0.1) is 0 Å². The Kier molecular flexibility index (Phi) is 5.31. The second kappa shape index (κ2) is 7.21. The SMILES string of the molecule is COc1ccc(C(=O)O[C@H](C)C(=O)NC2CC2)c(OC)c1OC. The fraction of sp³-hybridized carbons (Fsp3) is 0.500. The Labute approximate surface area is 134 Å². The van der Waals surface area contributed by atoms with Crippen molar-refractivity contribution in [1.82, 2.24) is 5.32 Å². The highest BCUT2D eigenvalue weighted by Crippen LogP contribution is 2.40. The van der Waals surface area contributed by atoms with E-state index in [0.29, 0.717) is 11.5 Å². The van der Waals surface area contributed by atoms with Crippen molar-refractivity contribution in [2.75, 3.05) is 21.3 Å². The van der Waals surface area contributed by atoms with E-state index in [9.17, 15) is 9.59 Å². The molecule has 1 amide bonds. The molecule has 23 heavy (non-hydrogen) atoms. The summed E-state index contributed by atoms with van der Waals surface area (Å²) in [5.74, 6) is -0.0480. The quantitative estimate of drug-likeness (QED) is 0.766. The van der Waals surface area contributed by atoms with Gasteiger partial charge < -0.3 is 24.3 Å². The van der Waals surface area contributed by atoms with Crippen molar-refractivity contribution in [3.05, 3.63) is 17.7 Å². The van der Waals surface area contributed by atoms with Gasteiger partial charge in [-0.15, -0.1) is 0 Å². The Morgan fingerprint density at radius 3 is 2.26 bits per heavy atom. The molecule has 126 valence electrons. The van der Waals surface area contributed by atoms with Gasteiger partial charge in [-0.2, -0.15) is 0 Å². The Morgan fingerprint density at radius 1 is 1.09 bits per heavy atom. The first kappa shape index (κ1) is 16.9. The highest BCUT2D eigenvalue weighted by atomic mass is 16.6. The minimum atomic E-state index is -0.888. The van der Waals surface area contributed by atoms with E-state index in [4.69, 9.17) is 18.9 Å². The number of hydrogen-bond acceptors (Lipinski definition) is 6. The largest absolute Gasteiger partial charge is 0.493 e. The van der Waals surface area contributed by atoms with Crippen LogP contribution in [0.2, 0.25) is 0 Å². The minimum absolute atomic E-state index is 0.163. The molecule has 2 rings (SSSR count). The zero-order valence-electron chi connectivity index (χ0n) is 13.7. The fourth-order valence-electron chi connectivity index (χ4n) is 2.09. The van der Waals surface area contributed by atoms with Crippen LogP contribution in [0.3, 0.4) is 0 Å². The molecule has 1 atom stereocenters. The lowest BCUT2D eigenvalue weighted by Crippen LogP contribution is -2.37. The Hall–Kier alpha value is -2.44. The van der Waals surface area contributed by atoms with Gasteiger partial charge in [0, 0.05) is 6.04 Å². The number of carbonyl (C=O) groups is 2. The van der Waals surface area contributed by atoms with Gasteiger partial charge in [0.1, 0.15) is 5.56 Å². The number of rotatable bonds is 7. The lowest BCUT2D eigenvalue weighted by molar-refractivity contribution is -0.129. The smallest absolute Gasteiger partial charge is 0.342 e. The van der Waals surface area contributed by atoms with Crippen LogP contribution in [-0.4, -0.2) is 45.4 Å². The van der Waals surface area contributed by atoms with Crippen molar-refractivity contribution < 1.29 is 28.5 Å². The average molecular weight is 323 g/mol. The van der Waals surface area contributed by atoms with E-state index >= 15 is 0 Å². The lowest BCUT2D eigenvalue weighted by Gasteiger charge is -2.17. The fourth-order valence-corrected chi connectivity index (χ4v) is 2.09. The first-order valence-corrected chi connectivity index (χ1v) is 7.32. The molecule has 0 saturated heterocycles. The average Bonchev–Trinajstić information content (AvgIpc) is 3.36. The van der Waals surface area contributed by atoms with E-state index in [1.165, 1.54) is 34.3 Å². The maximum absolute atomic E-state index is 12.3. The number of amides is 1. The van der Waals surface area contributed by atoms with Crippen LogP contribution in [0.25, 0.3) is 0 Å². The zero-order valence-corrected chi connectivity index (χ0v) is 13.7. The second-order valence-electron chi connectivity index (χ2n) is 5.21. The molecule has 0 spiro atoms. The third-order valence-electron chi connectivity index (χ3n) is 3.50. The molecule has 7 nitrogen and oxygen atoms in total. The maximum atomic E-state index is 12.3. The van der Waals surface area contributed by atoms with E-state index < -0.39 is 12.1 Å². The predicted molar refractivity (Wildman–Crippen MR) is 82.1 cm³/mol. The number of benzene rings is 1. The molecule has 0 unspecified atom stereocenters. The number of nitrogens with one attached hydrogen (secondary N) is 1. The van der Waals surface area contributed by atoms with Crippen molar-refractivity contribution in [3.8, 4) is 17.2 Å². The number of esters is 1. The van der Waals surface area contributed by atoms with Crippen molar-refractivity contribution in [2.24, 2.45) is 0 Å². The van der Waals surface area contributed by atoms with Gasteiger partial charge in [0.05, 0.1) is 21.3 Å². The highest BCUT2D eigenvalue weighted by molar-refractivity contribution is 5.96. The minimum Gasteiger partial charge on any atom is -0.493 e. The summed E-state index contributed by atoms with van der Waals surface area (Å²) in [5, 5.41) is 2.79. The van der Waals surface area contributed by atoms with Crippen LogP contribution in [0.1, 0.15) is 30.1 Å². The molecule has 0 aliphatic heterocycles. The summed E-state index contributed by atoms with van der Waals surface area (Å²) >= 11 is 0. The molecule has 7 heteroatoms. The molecule has 1 aromatic carbocycles. The van der Waals surface area contributed by atoms with Crippen LogP contribution < -0.4 is 19.5 Å². The molecule has 1 aromatic rings. The molecule has 1 fully saturated rings. The topological polar surface area (TPSA) is 83.1 Å². The number of hydrogen-bond donors (Lipinski definition) is 1. The standard InChI is InChI=1S/C16H21NO6/c1-9(15(18)17-10-5-6-10)23-16(19)11-7-8-12(20-2)14(22-4)13(11)21-3/h7-10H,5-6H2,1-4H3,(H,17,18)/t9-/m1/s1. The molecular weight excluding hydrogens is 302 g/mol. The van der Waals surface area contributed by atoms with E-state index in [0.717, 1.165) is 12.8 Å². The van der Waals surface area contributed by atoms with Gasteiger partial charge in [0.25, 0.3) is 5.91 Å². The molecule has 1 aliphatic carbocycles. The third kappa shape index (κ3) is 3.85. The normalized spacial score (nSPS) is 14.6. The molecule has 0 heterocycles. The predicted octanol–water partition coefficient (Wildman–Crippen LogP) is 1.54. The number of ether oxygens (including phenoxy) is 4. The second-order valence-corrected chi connectivity index (χ2v) is 5.21. The summed E-state index contributed by atoms with van der Waals surface area (Å²) in [6.07, 6.45) is 1.05. The number of carbonyl (C=O) groups excluding carboxylic acids is 2. The van der Waals surface area contributed by atoms with Crippen LogP contribution in [0.15, 0.2) is 12.1 Å². The van der Waals surface area contributed by atoms with Crippen LogP contribution in [-0.2, 0) is 9.53 Å². The number of methoxy groups -OCH3 is 3. The van der Waals surface area contributed by atoms with Crippen LogP contribution in [0.5, 0.6) is 17.2 Å². The first-order chi connectivity index (χ1) is 11.0. The molecule has 1 saturated carbocycles. The summed E-state index contributed by atoms with van der Waals surface area (Å²) < 4.78 is 20.8. The zero-order chi connectivity index (χ0) is 17.0. The van der Waals surface area contributed by atoms with Gasteiger partial charge in [-0.05, 0) is 31.9 Å². The Morgan fingerprint density at radius 2 is 1.74 bits per heavy atom. The van der Waals surface area contributed by atoms with E-state index in [-0.39, 0.29) is 23.3 Å². The van der Waals surface area contributed by atoms with Crippen molar-refractivity contribution in [2.45, 2.75) is 31.9 Å². The third-order valence-corrected chi connectivity index (χ3v) is 3.50. The highest BCUT2D eigenvalue weighted by Gasteiger charge is 2.29. The summed E-state index contributed by atoms with van der Waals surface area (Å²) in [5.41, 5.74) is 0.163. The van der Waals surface area contributed by atoms with E-state index in [2.05, 4.69) is 5.32 Å². The molecule has 1 N–H and O–H groups in total. The van der Waals surface area contributed by atoms with Gasteiger partial charge in [-0.3, -0.25) is 4.79 Å². The molecular formula is C16H21NO6. The molecule has 0 radical (unpaired) electrons. The molecule has 0 aromatic heterocycles. The first-order valence-electron chi connectivity index (χ1n) is 7.32. The van der Waals surface area contributed by atoms with Crippen molar-refractivity contribution in [1.29, 1.82) is 0 Å². The maximum Gasteiger partial charge on any atom is 0.342 e.